The summed E-state index contributed by atoms with van der Waals surface area (Å²) in [5, 5.41) is 14.0. The van der Waals surface area contributed by atoms with Crippen LogP contribution < -0.4 is 10.6 Å². The zero-order valence-corrected chi connectivity index (χ0v) is 16.7. The minimum atomic E-state index is -1.12. The smallest absolute Gasteiger partial charge is 0.410 e. The Morgan fingerprint density at radius 1 is 1.22 bits per heavy atom. The Kier molecular flexibility index (Phi) is 8.05. The molecule has 0 spiro atoms. The molecule has 0 aromatic heterocycles. The zero-order valence-electron chi connectivity index (χ0n) is 16.7. The van der Waals surface area contributed by atoms with E-state index in [1.807, 2.05) is 13.8 Å². The maximum atomic E-state index is 12.4. The molecule has 1 fully saturated rings. The number of nitrogens with one attached hydrogen (secondary N) is 2. The third-order valence-electron chi connectivity index (χ3n) is 3.95. The summed E-state index contributed by atoms with van der Waals surface area (Å²) in [5.41, 5.74) is -0.664. The summed E-state index contributed by atoms with van der Waals surface area (Å²) in [5.74, 6) is -2.06. The molecule has 1 rings (SSSR count). The zero-order chi connectivity index (χ0) is 20.8. The Morgan fingerprint density at radius 2 is 1.85 bits per heavy atom. The Hall–Kier alpha value is -2.32. The van der Waals surface area contributed by atoms with Gasteiger partial charge in [-0.25, -0.2) is 9.59 Å². The molecule has 1 saturated heterocycles. The maximum Gasteiger partial charge on any atom is 0.410 e. The van der Waals surface area contributed by atoms with Crippen molar-refractivity contribution in [2.24, 2.45) is 5.92 Å². The third kappa shape index (κ3) is 7.84. The van der Waals surface area contributed by atoms with Crippen LogP contribution in [0.3, 0.4) is 0 Å². The van der Waals surface area contributed by atoms with Gasteiger partial charge in [0, 0.05) is 6.54 Å². The lowest BCUT2D eigenvalue weighted by molar-refractivity contribution is -0.142. The van der Waals surface area contributed by atoms with Crippen LogP contribution in [-0.4, -0.2) is 64.7 Å². The molecule has 1 aliphatic heterocycles. The van der Waals surface area contributed by atoms with Gasteiger partial charge in [-0.3, -0.25) is 14.5 Å². The van der Waals surface area contributed by atoms with Gasteiger partial charge >= 0.3 is 12.1 Å². The second-order valence-corrected chi connectivity index (χ2v) is 8.14. The number of amides is 3. The van der Waals surface area contributed by atoms with Crippen LogP contribution in [0.15, 0.2) is 0 Å². The van der Waals surface area contributed by atoms with Gasteiger partial charge in [0.2, 0.25) is 11.8 Å². The molecule has 1 heterocycles. The predicted molar refractivity (Wildman–Crippen MR) is 98.0 cm³/mol. The summed E-state index contributed by atoms with van der Waals surface area (Å²) in [6.45, 7) is 9.02. The van der Waals surface area contributed by atoms with E-state index in [2.05, 4.69) is 10.6 Å². The maximum absolute atomic E-state index is 12.4. The number of hydrogen-bond acceptors (Lipinski definition) is 5. The summed E-state index contributed by atoms with van der Waals surface area (Å²) in [4.78, 5) is 49.1. The molecule has 0 radical (unpaired) electrons. The van der Waals surface area contributed by atoms with Gasteiger partial charge in [0.15, 0.2) is 0 Å². The lowest BCUT2D eigenvalue weighted by atomic mass is 10.0. The Morgan fingerprint density at radius 3 is 2.37 bits per heavy atom. The summed E-state index contributed by atoms with van der Waals surface area (Å²) >= 11 is 0. The highest BCUT2D eigenvalue weighted by atomic mass is 16.6. The highest BCUT2D eigenvalue weighted by molar-refractivity contribution is 5.91. The molecular weight excluding hydrogens is 354 g/mol. The van der Waals surface area contributed by atoms with Gasteiger partial charge < -0.3 is 20.5 Å². The van der Waals surface area contributed by atoms with Gasteiger partial charge in [-0.05, 0) is 46.0 Å². The Balaban J connectivity index is 2.56. The summed E-state index contributed by atoms with van der Waals surface area (Å²) in [7, 11) is 0. The van der Waals surface area contributed by atoms with E-state index >= 15 is 0 Å². The van der Waals surface area contributed by atoms with Crippen LogP contribution in [0, 0.1) is 5.92 Å². The van der Waals surface area contributed by atoms with Gasteiger partial charge in [0.25, 0.3) is 0 Å². The van der Waals surface area contributed by atoms with Gasteiger partial charge in [0.05, 0.1) is 6.54 Å². The predicted octanol–water partition coefficient (Wildman–Crippen LogP) is 1.12. The molecule has 3 amide bonds. The van der Waals surface area contributed by atoms with Crippen molar-refractivity contribution in [3.8, 4) is 0 Å². The fraction of sp³-hybridized carbons (Fsp3) is 0.778. The van der Waals surface area contributed by atoms with Crippen molar-refractivity contribution in [1.82, 2.24) is 15.5 Å². The van der Waals surface area contributed by atoms with Gasteiger partial charge in [0.1, 0.15) is 17.7 Å². The molecule has 0 aromatic carbocycles. The van der Waals surface area contributed by atoms with Gasteiger partial charge in [-0.15, -0.1) is 0 Å². The van der Waals surface area contributed by atoms with Crippen molar-refractivity contribution in [1.29, 1.82) is 0 Å². The standard InChI is InChI=1S/C18H31N3O6/c1-11(2)9-12(16(24)25)20-14(22)10-19-15(23)13-7-6-8-21(13)17(26)27-18(3,4)5/h11-13H,6-10H2,1-5H3,(H,19,23)(H,20,22)(H,24,25)/t12-,13+/m1/s1. The summed E-state index contributed by atoms with van der Waals surface area (Å²) in [6, 6.07) is -1.70. The topological polar surface area (TPSA) is 125 Å². The van der Waals surface area contributed by atoms with E-state index in [0.29, 0.717) is 25.8 Å². The monoisotopic (exact) mass is 385 g/mol. The molecule has 154 valence electrons. The van der Waals surface area contributed by atoms with Crippen molar-refractivity contribution in [3.63, 3.8) is 0 Å². The second kappa shape index (κ2) is 9.57. The quantitative estimate of drug-likeness (QED) is 0.603. The summed E-state index contributed by atoms with van der Waals surface area (Å²) < 4.78 is 5.31. The van der Waals surface area contributed by atoms with Crippen LogP contribution in [-0.2, 0) is 19.1 Å². The molecule has 0 saturated carbocycles. The number of aliphatic carboxylic acids is 1. The van der Waals surface area contributed by atoms with E-state index < -0.39 is 41.6 Å². The molecule has 0 aliphatic carbocycles. The van der Waals surface area contributed by atoms with Crippen LogP contribution in [0.2, 0.25) is 0 Å². The van der Waals surface area contributed by atoms with E-state index in [1.54, 1.807) is 20.8 Å². The molecule has 0 unspecified atom stereocenters. The number of carbonyl (C=O) groups is 4. The number of rotatable bonds is 7. The lowest BCUT2D eigenvalue weighted by Crippen LogP contribution is -2.51. The second-order valence-electron chi connectivity index (χ2n) is 8.14. The third-order valence-corrected chi connectivity index (χ3v) is 3.95. The average molecular weight is 385 g/mol. The molecule has 27 heavy (non-hydrogen) atoms. The molecular formula is C18H31N3O6. The number of carboxylic acid groups (broad SMARTS) is 1. The minimum absolute atomic E-state index is 0.0990. The number of nitrogens with zero attached hydrogens (tertiary/aromatic N) is 1. The van der Waals surface area contributed by atoms with Crippen LogP contribution >= 0.6 is 0 Å². The fourth-order valence-corrected chi connectivity index (χ4v) is 2.80. The van der Waals surface area contributed by atoms with Crippen molar-refractivity contribution in [3.05, 3.63) is 0 Å². The highest BCUT2D eigenvalue weighted by Gasteiger charge is 2.36. The number of carbonyl (C=O) groups excluding carboxylic acids is 3. The molecule has 0 bridgehead atoms. The first kappa shape index (κ1) is 22.7. The lowest BCUT2D eigenvalue weighted by Gasteiger charge is -2.28. The Bertz CT molecular complexity index is 570. The number of hydrogen-bond donors (Lipinski definition) is 3. The minimum Gasteiger partial charge on any atom is -0.480 e. The molecule has 3 N–H and O–H groups in total. The summed E-state index contributed by atoms with van der Waals surface area (Å²) in [6.07, 6.45) is 0.883. The van der Waals surface area contributed by atoms with Crippen LogP contribution in [0.1, 0.15) is 53.9 Å². The first-order chi connectivity index (χ1) is 12.4. The van der Waals surface area contributed by atoms with E-state index in [0.717, 1.165) is 0 Å². The van der Waals surface area contributed by atoms with E-state index in [-0.39, 0.29) is 12.5 Å². The molecule has 9 heteroatoms. The SMILES string of the molecule is CC(C)C[C@@H](NC(=O)CNC(=O)[C@@H]1CCCN1C(=O)OC(C)(C)C)C(=O)O. The largest absolute Gasteiger partial charge is 0.480 e. The van der Waals surface area contributed by atoms with E-state index in [1.165, 1.54) is 4.90 Å². The van der Waals surface area contributed by atoms with Crippen molar-refractivity contribution < 1.29 is 29.0 Å². The normalized spacial score (nSPS) is 18.1. The Labute approximate surface area is 159 Å². The number of ether oxygens (including phenoxy) is 1. The van der Waals surface area contributed by atoms with Crippen LogP contribution in [0.5, 0.6) is 0 Å². The van der Waals surface area contributed by atoms with E-state index in [4.69, 9.17) is 9.84 Å². The highest BCUT2D eigenvalue weighted by Crippen LogP contribution is 2.20. The van der Waals surface area contributed by atoms with Gasteiger partial charge in [-0.1, -0.05) is 13.8 Å². The number of carboxylic acids is 1. The molecule has 2 atom stereocenters. The van der Waals surface area contributed by atoms with E-state index in [9.17, 15) is 19.2 Å². The van der Waals surface area contributed by atoms with Crippen molar-refractivity contribution >= 4 is 23.9 Å². The molecule has 1 aliphatic rings. The number of likely N-dealkylation sites (tertiary alicyclic amines) is 1. The van der Waals surface area contributed by atoms with Crippen molar-refractivity contribution in [2.45, 2.75) is 71.6 Å². The molecule has 0 aromatic rings. The first-order valence-electron chi connectivity index (χ1n) is 9.20. The van der Waals surface area contributed by atoms with Gasteiger partial charge in [-0.2, -0.15) is 0 Å². The fourth-order valence-electron chi connectivity index (χ4n) is 2.80. The van der Waals surface area contributed by atoms with Crippen molar-refractivity contribution in [2.75, 3.05) is 13.1 Å². The average Bonchev–Trinajstić information content (AvgIpc) is 2.99. The van der Waals surface area contributed by atoms with Crippen LogP contribution in [0.25, 0.3) is 0 Å². The molecule has 9 nitrogen and oxygen atoms in total. The van der Waals surface area contributed by atoms with Crippen LogP contribution in [0.4, 0.5) is 4.79 Å². The first-order valence-corrected chi connectivity index (χ1v) is 9.20.